The van der Waals surface area contributed by atoms with Crippen LogP contribution in [0.5, 0.6) is 46.0 Å². The van der Waals surface area contributed by atoms with Gasteiger partial charge in [-0.1, -0.05) is 277 Å². The maximum Gasteiger partial charge on any atom is 4.00 e. The molecular formula is C72H76O22Ti6. The maximum atomic E-state index is 11.3. The summed E-state index contributed by atoms with van der Waals surface area (Å²) in [6, 6.07) is 56.2. The third-order valence-electron chi connectivity index (χ3n) is 9.35. The van der Waals surface area contributed by atoms with Gasteiger partial charge in [-0.15, -0.1) is 82.6 Å². The van der Waals surface area contributed by atoms with Crippen LogP contribution >= 0.6 is 0 Å². The molecule has 0 aliphatic heterocycles. The largest absolute Gasteiger partial charge is 4.00 e. The van der Waals surface area contributed by atoms with E-state index in [4.69, 9.17) is 0 Å². The van der Waals surface area contributed by atoms with Gasteiger partial charge < -0.3 is 113 Å². The summed E-state index contributed by atoms with van der Waals surface area (Å²) in [5.74, 6) is -5.75. The van der Waals surface area contributed by atoms with Crippen molar-refractivity contribution in [2.75, 3.05) is 0 Å². The predicted octanol–water partition coefficient (Wildman–Crippen LogP) is 2.09. The summed E-state index contributed by atoms with van der Waals surface area (Å²) in [5, 5.41) is 169. The summed E-state index contributed by atoms with van der Waals surface area (Å²) < 4.78 is 0. The van der Waals surface area contributed by atoms with Gasteiger partial charge in [-0.25, -0.2) is 0 Å². The fraction of sp³-hybridized carbons (Fsp3) is 0.250. The first-order chi connectivity index (χ1) is 42.2. The molecule has 0 saturated heterocycles. The number of aromatic carboxylic acids is 2. The second-order valence-electron chi connectivity index (χ2n) is 20.0. The van der Waals surface area contributed by atoms with E-state index in [9.17, 15) is 91.3 Å². The Morgan fingerprint density at radius 2 is 0.330 bits per heavy atom. The van der Waals surface area contributed by atoms with Crippen LogP contribution in [0.2, 0.25) is 0 Å². The van der Waals surface area contributed by atoms with Crippen molar-refractivity contribution < 1.29 is 244 Å². The zero-order chi connectivity index (χ0) is 69.1. The molecule has 0 bridgehead atoms. The molecule has 520 valence electrons. The van der Waals surface area contributed by atoms with Crippen LogP contribution in [0.4, 0.5) is 0 Å². The maximum absolute atomic E-state index is 11.3. The Morgan fingerprint density at radius 3 is 0.430 bits per heavy atom. The number of hydrogen-bond acceptors (Lipinski definition) is 18. The van der Waals surface area contributed by atoms with Gasteiger partial charge in [-0.2, -0.15) is 0 Å². The van der Waals surface area contributed by atoms with Gasteiger partial charge in [0.25, 0.3) is 0 Å². The van der Waals surface area contributed by atoms with Gasteiger partial charge in [0.2, 0.25) is 0 Å². The molecule has 0 atom stereocenters. The number of hydrogen-bond donors (Lipinski definition) is 0. The normalized spacial score (nSPS) is 8.72. The smallest absolute Gasteiger partial charge is 2.00 e. The van der Waals surface area contributed by atoms with E-state index < -0.39 is 94.6 Å². The van der Waals surface area contributed by atoms with Crippen LogP contribution in [-0.4, -0.2) is 48.6 Å². The molecule has 0 spiro atoms. The van der Waals surface area contributed by atoms with Gasteiger partial charge in [0.15, 0.2) is 0 Å². The Kier molecular flexibility index (Phi) is 85.6. The Bertz CT molecular complexity index is 3040. The Morgan fingerprint density at radius 1 is 0.230 bits per heavy atom. The van der Waals surface area contributed by atoms with Crippen molar-refractivity contribution in [3.05, 3.63) is 217 Å². The first-order valence-electron chi connectivity index (χ1n) is 28.1. The van der Waals surface area contributed by atoms with Gasteiger partial charge in [0.05, 0.1) is 11.9 Å². The van der Waals surface area contributed by atoms with Crippen molar-refractivity contribution in [1.82, 2.24) is 0 Å². The Hall–Kier alpha value is -5.53. The molecule has 0 radical (unpaired) electrons. The summed E-state index contributed by atoms with van der Waals surface area (Å²) in [6.07, 6.45) is -2.50. The van der Waals surface area contributed by atoms with Crippen molar-refractivity contribution in [3.63, 3.8) is 0 Å². The van der Waals surface area contributed by atoms with Crippen LogP contribution in [0.15, 0.2) is 206 Å². The molecule has 0 N–H and O–H groups in total. The first kappa shape index (κ1) is 121. The number of carbonyl (C=O) groups is 2. The molecule has 10 aromatic carbocycles. The van der Waals surface area contributed by atoms with Crippen LogP contribution in [-0.2, 0) is 152 Å². The quantitative estimate of drug-likeness (QED) is 0.177. The van der Waals surface area contributed by atoms with E-state index in [1.807, 2.05) is 109 Å². The van der Waals surface area contributed by atoms with E-state index in [2.05, 4.69) is 0 Å². The fourth-order valence-electron chi connectivity index (χ4n) is 6.27. The molecule has 0 aliphatic carbocycles. The van der Waals surface area contributed by atoms with Crippen LogP contribution in [0.1, 0.15) is 104 Å². The van der Waals surface area contributed by atoms with Crippen LogP contribution in [0, 0.1) is 0 Å². The van der Waals surface area contributed by atoms with Crippen molar-refractivity contribution in [1.29, 1.82) is 0 Å². The Labute approximate surface area is 675 Å². The summed E-state index contributed by atoms with van der Waals surface area (Å²) in [4.78, 5) is 22.6. The van der Waals surface area contributed by atoms with Crippen LogP contribution in [0.25, 0.3) is 43.1 Å². The van der Waals surface area contributed by atoms with Crippen molar-refractivity contribution >= 4 is 55.0 Å². The van der Waals surface area contributed by atoms with Gasteiger partial charge >= 0.3 is 130 Å². The molecule has 0 aliphatic rings. The van der Waals surface area contributed by atoms with Gasteiger partial charge in [0, 0.05) is 11.1 Å². The molecule has 22 nitrogen and oxygen atoms in total. The number of para-hydroxylation sites is 8. The molecule has 0 heterocycles. The number of rotatable bonds is 2. The number of benzene rings is 10. The van der Waals surface area contributed by atoms with E-state index in [1.165, 1.54) is 48.5 Å². The number of carboxylic acid groups (broad SMARTS) is 2. The van der Waals surface area contributed by atoms with Gasteiger partial charge in [0.1, 0.15) is 0 Å². The fourth-order valence-corrected chi connectivity index (χ4v) is 6.27. The van der Waals surface area contributed by atoms with E-state index in [-0.39, 0.29) is 163 Å². The van der Waals surface area contributed by atoms with Gasteiger partial charge in [-0.3, -0.25) is 0 Å². The van der Waals surface area contributed by atoms with Crippen molar-refractivity contribution in [2.24, 2.45) is 0 Å². The van der Waals surface area contributed by atoms with Crippen molar-refractivity contribution in [3.8, 4) is 46.0 Å². The summed E-state index contributed by atoms with van der Waals surface area (Å²) in [5.41, 5.74) is 0.553. The molecule has 10 aromatic rings. The second kappa shape index (κ2) is 70.5. The minimum Gasteiger partial charge on any atom is -2.00 e. The zero-order valence-corrected chi connectivity index (χ0v) is 66.4. The molecule has 0 unspecified atom stereocenters. The summed E-state index contributed by atoms with van der Waals surface area (Å²) >= 11 is 0. The monoisotopic (exact) mass is 1580 g/mol. The summed E-state index contributed by atoms with van der Waals surface area (Å²) in [7, 11) is 0. The molecule has 0 fully saturated rings. The standard InChI is InChI=1S/2C15H10O2.4C6H6O2.6C3H7O.4O.6Ti/c2*16-15(17)14-12-7-3-1-5-10(12)9-11-6-2-4-8-13(11)14;4*7-5-3-1-2-4-6(5)8;6*1-3(2)4;;;;;;;;;;/h2*1-9H,(H,16,17);4*1-4,7-8H;6*3H,1-2H3;;;;;;;;;;/q;;;;;;6*-1;4*-2;6*+4/p-10. The molecule has 0 aromatic heterocycles. The van der Waals surface area contributed by atoms with E-state index >= 15 is 0 Å². The van der Waals surface area contributed by atoms with Crippen LogP contribution in [0.3, 0.4) is 0 Å². The third kappa shape index (κ3) is 59.0. The average molecular weight is 1580 g/mol. The molecule has 100 heavy (non-hydrogen) atoms. The molecule has 0 amide bonds. The third-order valence-corrected chi connectivity index (χ3v) is 9.35. The minimum atomic E-state index is -1.13. The molecule has 10 rings (SSSR count). The molecular weight excluding hydrogens is 1500 g/mol. The van der Waals surface area contributed by atoms with E-state index in [0.717, 1.165) is 43.1 Å². The predicted molar refractivity (Wildman–Crippen MR) is 326 cm³/mol. The topological polar surface area (TPSA) is 517 Å². The van der Waals surface area contributed by atoms with E-state index in [0.29, 0.717) is 0 Å². The van der Waals surface area contributed by atoms with Crippen LogP contribution < -0.4 is 81.7 Å². The number of fused-ring (bicyclic) bond motifs is 4. The first-order valence-corrected chi connectivity index (χ1v) is 28.1. The SMILES string of the molecule is CC(C)[O-].CC(C)[O-].CC(C)[O-].CC(C)[O-].CC(C)[O-].CC(C)[O-].O=C([O-])c1c2ccccc2cc2ccccc12.O=C([O-])c1c2ccccc2cc2ccccc12.[O-2].[O-2].[O-2].[O-2].[O-]c1ccccc1[O-].[O-]c1ccccc1[O-].[O-]c1ccccc1[O-].[O-]c1ccccc1[O-].[Ti+4].[Ti+4].[Ti+4].[Ti+4].[Ti+4].[Ti+4]. The Balaban J connectivity index is -0.0000000874. The van der Waals surface area contributed by atoms with Crippen molar-refractivity contribution in [2.45, 2.75) is 120 Å². The summed E-state index contributed by atoms with van der Waals surface area (Å²) in [6.45, 7) is 19.3. The number of carboxylic acids is 2. The van der Waals surface area contributed by atoms with Gasteiger partial charge in [-0.05, 0) is 55.2 Å². The minimum absolute atomic E-state index is 0. The average Bonchev–Trinajstić information content (AvgIpc) is 0.783. The zero-order valence-electron chi connectivity index (χ0n) is 57.1. The van der Waals surface area contributed by atoms with E-state index in [1.54, 1.807) is 132 Å². The second-order valence-corrected chi connectivity index (χ2v) is 20.0. The molecule has 28 heteroatoms. The molecule has 0 saturated carbocycles. The number of carbonyl (C=O) groups excluding carboxylic acids is 2.